The number of carbonyl (C=O) groups is 4. The second-order valence-corrected chi connectivity index (χ2v) is 7.81. The van der Waals surface area contributed by atoms with E-state index in [-0.39, 0.29) is 31.3 Å². The van der Waals surface area contributed by atoms with E-state index < -0.39 is 23.9 Å². The molecule has 1 saturated heterocycles. The average Bonchev–Trinajstić information content (AvgIpc) is 3.14. The second kappa shape index (κ2) is 8.22. The zero-order valence-corrected chi connectivity index (χ0v) is 17.3. The van der Waals surface area contributed by atoms with E-state index in [0.717, 1.165) is 11.3 Å². The van der Waals surface area contributed by atoms with Crippen molar-refractivity contribution in [3.63, 3.8) is 0 Å². The Labute approximate surface area is 179 Å². The Balaban J connectivity index is 1.42. The van der Waals surface area contributed by atoms with Crippen molar-refractivity contribution in [2.45, 2.75) is 26.4 Å². The van der Waals surface area contributed by atoms with Gasteiger partial charge >= 0.3 is 5.97 Å². The van der Waals surface area contributed by atoms with Gasteiger partial charge in [-0.2, -0.15) is 0 Å². The number of nitrogens with one attached hydrogen (secondary N) is 1. The molecule has 2 aliphatic rings. The Morgan fingerprint density at radius 3 is 2.55 bits per heavy atom. The van der Waals surface area contributed by atoms with Gasteiger partial charge in [0.25, 0.3) is 5.91 Å². The highest BCUT2D eigenvalue weighted by Crippen LogP contribution is 2.30. The summed E-state index contributed by atoms with van der Waals surface area (Å²) in [5.74, 6) is -2.22. The smallest absolute Gasteiger partial charge is 0.312 e. The molecule has 1 fully saturated rings. The topological polar surface area (TPSA) is 96.0 Å². The number of para-hydroxylation sites is 2. The molecule has 2 aromatic carbocycles. The fraction of sp³-hybridized carbons (Fsp3) is 0.304. The van der Waals surface area contributed by atoms with Crippen LogP contribution in [0.4, 0.5) is 17.1 Å². The van der Waals surface area contributed by atoms with Crippen LogP contribution in [0.15, 0.2) is 48.5 Å². The number of nitrogens with zero attached hydrogens (tertiary/aromatic N) is 2. The summed E-state index contributed by atoms with van der Waals surface area (Å²) >= 11 is 0. The molecule has 0 bridgehead atoms. The van der Waals surface area contributed by atoms with Gasteiger partial charge in [0.2, 0.25) is 11.8 Å². The van der Waals surface area contributed by atoms with E-state index in [9.17, 15) is 19.2 Å². The largest absolute Gasteiger partial charge is 0.452 e. The number of hydrogen-bond donors (Lipinski definition) is 1. The van der Waals surface area contributed by atoms with Gasteiger partial charge in [-0.3, -0.25) is 24.1 Å². The van der Waals surface area contributed by atoms with E-state index in [2.05, 4.69) is 5.32 Å². The molecule has 0 spiro atoms. The van der Waals surface area contributed by atoms with Crippen LogP contribution in [0.3, 0.4) is 0 Å². The molecule has 2 heterocycles. The molecule has 0 saturated carbocycles. The molecule has 2 atom stereocenters. The number of ether oxygens (including phenoxy) is 1. The maximum Gasteiger partial charge on any atom is 0.312 e. The lowest BCUT2D eigenvalue weighted by atomic mass is 10.1. The van der Waals surface area contributed by atoms with Crippen molar-refractivity contribution in [1.29, 1.82) is 0 Å². The average molecular weight is 421 g/mol. The normalized spacial score (nSPS) is 19.0. The van der Waals surface area contributed by atoms with Gasteiger partial charge in [0, 0.05) is 18.7 Å². The van der Waals surface area contributed by atoms with Crippen LogP contribution < -0.4 is 15.1 Å². The third-order valence-electron chi connectivity index (χ3n) is 5.48. The molecule has 8 heteroatoms. The van der Waals surface area contributed by atoms with Crippen LogP contribution in [0.2, 0.25) is 0 Å². The summed E-state index contributed by atoms with van der Waals surface area (Å²) in [6.07, 6.45) is -1.06. The molecule has 160 valence electrons. The lowest BCUT2D eigenvalue weighted by molar-refractivity contribution is -0.157. The molecule has 3 amide bonds. The summed E-state index contributed by atoms with van der Waals surface area (Å²) in [7, 11) is 0. The lowest BCUT2D eigenvalue weighted by Crippen LogP contribution is -2.47. The van der Waals surface area contributed by atoms with Crippen LogP contribution in [-0.2, 0) is 23.9 Å². The first-order chi connectivity index (χ1) is 14.8. The van der Waals surface area contributed by atoms with Crippen LogP contribution in [-0.4, -0.2) is 42.9 Å². The summed E-state index contributed by atoms with van der Waals surface area (Å²) in [6.45, 7) is 3.49. The van der Waals surface area contributed by atoms with E-state index >= 15 is 0 Å². The fourth-order valence-electron chi connectivity index (χ4n) is 3.81. The molecule has 2 aliphatic heterocycles. The molecule has 31 heavy (non-hydrogen) atoms. The standard InChI is InChI=1S/C23H23N3O5/c1-14-7-9-17(10-8-14)25-12-16(11-21(25)28)23(30)31-15(2)22(29)26-13-20(27)24-18-5-3-4-6-19(18)26/h3-10,15-16H,11-13H2,1-2H3,(H,24,27)/t15-,16+/m0/s1. The van der Waals surface area contributed by atoms with Crippen molar-refractivity contribution in [2.24, 2.45) is 5.92 Å². The number of amides is 3. The highest BCUT2D eigenvalue weighted by molar-refractivity contribution is 6.11. The first-order valence-electron chi connectivity index (χ1n) is 10.1. The van der Waals surface area contributed by atoms with Gasteiger partial charge in [-0.1, -0.05) is 29.8 Å². The number of fused-ring (bicyclic) bond motifs is 1. The van der Waals surface area contributed by atoms with Gasteiger partial charge in [0.05, 0.1) is 17.3 Å². The third kappa shape index (κ3) is 4.14. The van der Waals surface area contributed by atoms with E-state index in [1.54, 1.807) is 29.2 Å². The monoisotopic (exact) mass is 421 g/mol. The predicted molar refractivity (Wildman–Crippen MR) is 115 cm³/mol. The predicted octanol–water partition coefficient (Wildman–Crippen LogP) is 2.26. The van der Waals surface area contributed by atoms with Crippen molar-refractivity contribution in [3.8, 4) is 0 Å². The number of anilines is 3. The highest BCUT2D eigenvalue weighted by Gasteiger charge is 2.38. The van der Waals surface area contributed by atoms with Gasteiger partial charge in [0.1, 0.15) is 6.54 Å². The minimum atomic E-state index is -1.09. The zero-order valence-electron chi connectivity index (χ0n) is 17.3. The van der Waals surface area contributed by atoms with Crippen LogP contribution >= 0.6 is 0 Å². The summed E-state index contributed by atoms with van der Waals surface area (Å²) in [5.41, 5.74) is 2.88. The van der Waals surface area contributed by atoms with Gasteiger partial charge in [-0.15, -0.1) is 0 Å². The maximum atomic E-state index is 12.9. The van der Waals surface area contributed by atoms with Crippen LogP contribution in [0.1, 0.15) is 18.9 Å². The van der Waals surface area contributed by atoms with E-state index in [0.29, 0.717) is 11.4 Å². The maximum absolute atomic E-state index is 12.9. The number of aryl methyl sites for hydroxylation is 1. The minimum Gasteiger partial charge on any atom is -0.452 e. The molecule has 4 rings (SSSR count). The number of rotatable bonds is 4. The van der Waals surface area contributed by atoms with E-state index in [1.165, 1.54) is 11.8 Å². The number of hydrogen-bond acceptors (Lipinski definition) is 5. The van der Waals surface area contributed by atoms with Crippen molar-refractivity contribution in [2.75, 3.05) is 28.2 Å². The zero-order chi connectivity index (χ0) is 22.1. The van der Waals surface area contributed by atoms with Crippen LogP contribution in [0.25, 0.3) is 0 Å². The van der Waals surface area contributed by atoms with Crippen molar-refractivity contribution in [1.82, 2.24) is 0 Å². The SMILES string of the molecule is Cc1ccc(N2C[C@H](C(=O)O[C@@H](C)C(=O)N3CC(=O)Nc4ccccc43)CC2=O)cc1. The summed E-state index contributed by atoms with van der Waals surface area (Å²) in [5, 5.41) is 2.71. The Hall–Kier alpha value is -3.68. The summed E-state index contributed by atoms with van der Waals surface area (Å²) in [4.78, 5) is 52.9. The van der Waals surface area contributed by atoms with E-state index in [1.807, 2.05) is 31.2 Å². The second-order valence-electron chi connectivity index (χ2n) is 7.81. The highest BCUT2D eigenvalue weighted by atomic mass is 16.5. The number of benzene rings is 2. The summed E-state index contributed by atoms with van der Waals surface area (Å²) < 4.78 is 5.41. The van der Waals surface area contributed by atoms with Crippen molar-refractivity contribution in [3.05, 3.63) is 54.1 Å². The van der Waals surface area contributed by atoms with Gasteiger partial charge < -0.3 is 15.0 Å². The third-order valence-corrected chi connectivity index (χ3v) is 5.48. The Bertz CT molecular complexity index is 1050. The van der Waals surface area contributed by atoms with Crippen LogP contribution in [0.5, 0.6) is 0 Å². The van der Waals surface area contributed by atoms with E-state index in [4.69, 9.17) is 4.74 Å². The molecule has 0 unspecified atom stereocenters. The molecular weight excluding hydrogens is 398 g/mol. The first kappa shape index (κ1) is 20.6. The Kier molecular flexibility index (Phi) is 5.46. The molecule has 0 aliphatic carbocycles. The molecular formula is C23H23N3O5. The minimum absolute atomic E-state index is 0.0303. The summed E-state index contributed by atoms with van der Waals surface area (Å²) in [6, 6.07) is 14.4. The van der Waals surface area contributed by atoms with Crippen LogP contribution in [0, 0.1) is 12.8 Å². The Morgan fingerprint density at radius 1 is 1.10 bits per heavy atom. The molecule has 8 nitrogen and oxygen atoms in total. The molecule has 0 radical (unpaired) electrons. The first-order valence-corrected chi connectivity index (χ1v) is 10.1. The van der Waals surface area contributed by atoms with Gasteiger partial charge in [-0.05, 0) is 38.1 Å². The Morgan fingerprint density at radius 2 is 1.81 bits per heavy atom. The quantitative estimate of drug-likeness (QED) is 0.764. The molecule has 2 aromatic rings. The number of esters is 1. The van der Waals surface area contributed by atoms with Crippen molar-refractivity contribution >= 4 is 40.8 Å². The van der Waals surface area contributed by atoms with Crippen molar-refractivity contribution < 1.29 is 23.9 Å². The fourth-order valence-corrected chi connectivity index (χ4v) is 3.81. The van der Waals surface area contributed by atoms with Gasteiger partial charge in [-0.25, -0.2) is 0 Å². The number of carbonyl (C=O) groups excluding carboxylic acids is 4. The lowest BCUT2D eigenvalue weighted by Gasteiger charge is -2.31. The van der Waals surface area contributed by atoms with Gasteiger partial charge in [0.15, 0.2) is 6.10 Å². The molecule has 0 aromatic heterocycles. The molecule has 1 N–H and O–H groups in total.